The van der Waals surface area contributed by atoms with Crippen LogP contribution in [0.5, 0.6) is 0 Å². The Kier molecular flexibility index (Phi) is 3.01. The van der Waals surface area contributed by atoms with Gasteiger partial charge >= 0.3 is 0 Å². The third-order valence-corrected chi connectivity index (χ3v) is 3.29. The lowest BCUT2D eigenvalue weighted by molar-refractivity contribution is 0.968. The number of aromatic amines is 1. The summed E-state index contributed by atoms with van der Waals surface area (Å²) in [6.45, 7) is 2.69. The van der Waals surface area contributed by atoms with Gasteiger partial charge in [-0.1, -0.05) is 24.3 Å². The molecule has 3 N–H and O–H groups in total. The highest BCUT2D eigenvalue weighted by Crippen LogP contribution is 2.24. The molecule has 0 radical (unpaired) electrons. The maximum atomic E-state index is 5.66. The molecule has 0 fully saturated rings. The minimum Gasteiger partial charge on any atom is -0.336 e. The molecule has 0 bridgehead atoms. The van der Waals surface area contributed by atoms with E-state index in [1.807, 2.05) is 18.2 Å². The van der Waals surface area contributed by atoms with Crippen molar-refractivity contribution < 1.29 is 0 Å². The van der Waals surface area contributed by atoms with Crippen LogP contribution in [-0.4, -0.2) is 21.5 Å². The number of hydrogen-bond acceptors (Lipinski definition) is 3. The number of pyridine rings is 1. The fourth-order valence-corrected chi connectivity index (χ4v) is 2.29. The number of aryl methyl sites for hydroxylation is 1. The zero-order valence-corrected chi connectivity index (χ0v) is 10.9. The van der Waals surface area contributed by atoms with E-state index in [0.717, 1.165) is 34.5 Å². The predicted molar refractivity (Wildman–Crippen MR) is 76.8 cm³/mol. The molecule has 0 aliphatic carbocycles. The maximum Gasteiger partial charge on any atom is 0.178 e. The standard InChI is InChI=1S/C15H16N4/c1-10-7-9-17-15-13(10)18-14(19-15)12-5-3-2-4-11(12)6-8-16/h2-5,7,9H,6,8,16H2,1H3,(H,17,18,19). The molecule has 4 nitrogen and oxygen atoms in total. The number of aromatic nitrogens is 3. The SMILES string of the molecule is Cc1ccnc2nc(-c3ccccc3CCN)[nH]c12. The van der Waals surface area contributed by atoms with E-state index in [-0.39, 0.29) is 0 Å². The van der Waals surface area contributed by atoms with Crippen LogP contribution >= 0.6 is 0 Å². The number of nitrogens with zero attached hydrogens (tertiary/aromatic N) is 2. The average Bonchev–Trinajstić information content (AvgIpc) is 2.85. The van der Waals surface area contributed by atoms with Crippen LogP contribution in [-0.2, 0) is 6.42 Å². The van der Waals surface area contributed by atoms with Gasteiger partial charge in [-0.3, -0.25) is 0 Å². The quantitative estimate of drug-likeness (QED) is 0.752. The molecular formula is C15H16N4. The molecule has 0 unspecified atom stereocenters. The van der Waals surface area contributed by atoms with Crippen molar-refractivity contribution in [3.8, 4) is 11.4 Å². The Morgan fingerprint density at radius 2 is 2.05 bits per heavy atom. The fraction of sp³-hybridized carbons (Fsp3) is 0.200. The van der Waals surface area contributed by atoms with Crippen molar-refractivity contribution in [2.75, 3.05) is 6.54 Å². The summed E-state index contributed by atoms with van der Waals surface area (Å²) in [4.78, 5) is 12.2. The van der Waals surface area contributed by atoms with E-state index < -0.39 is 0 Å². The largest absolute Gasteiger partial charge is 0.336 e. The van der Waals surface area contributed by atoms with Crippen LogP contribution < -0.4 is 5.73 Å². The first-order chi connectivity index (χ1) is 9.29. The fourth-order valence-electron chi connectivity index (χ4n) is 2.29. The molecule has 1 aromatic carbocycles. The highest BCUT2D eigenvalue weighted by molar-refractivity contribution is 5.79. The highest BCUT2D eigenvalue weighted by atomic mass is 15.0. The molecule has 0 amide bonds. The summed E-state index contributed by atoms with van der Waals surface area (Å²) >= 11 is 0. The van der Waals surface area contributed by atoms with Crippen molar-refractivity contribution in [1.82, 2.24) is 15.0 Å². The Morgan fingerprint density at radius 1 is 1.21 bits per heavy atom. The third kappa shape index (κ3) is 2.11. The molecule has 0 spiro atoms. The van der Waals surface area contributed by atoms with Gasteiger partial charge in [-0.25, -0.2) is 9.97 Å². The number of H-pyrrole nitrogens is 1. The van der Waals surface area contributed by atoms with Gasteiger partial charge in [0.05, 0.1) is 5.52 Å². The molecule has 0 aliphatic heterocycles. The Labute approximate surface area is 111 Å². The van der Waals surface area contributed by atoms with E-state index in [0.29, 0.717) is 6.54 Å². The van der Waals surface area contributed by atoms with Crippen LogP contribution in [0, 0.1) is 6.92 Å². The summed E-state index contributed by atoms with van der Waals surface area (Å²) in [5.41, 5.74) is 10.9. The Bertz CT molecular complexity index is 715. The lowest BCUT2D eigenvalue weighted by Gasteiger charge is -2.05. The van der Waals surface area contributed by atoms with E-state index in [4.69, 9.17) is 5.73 Å². The number of rotatable bonds is 3. The number of nitrogens with two attached hydrogens (primary N) is 1. The zero-order chi connectivity index (χ0) is 13.2. The van der Waals surface area contributed by atoms with Gasteiger partial charge in [-0.05, 0) is 37.1 Å². The molecule has 96 valence electrons. The number of fused-ring (bicyclic) bond motifs is 1. The van der Waals surface area contributed by atoms with Crippen molar-refractivity contribution in [2.24, 2.45) is 5.73 Å². The minimum atomic E-state index is 0.633. The number of nitrogens with one attached hydrogen (secondary N) is 1. The zero-order valence-electron chi connectivity index (χ0n) is 10.9. The Hall–Kier alpha value is -2.20. The first-order valence-corrected chi connectivity index (χ1v) is 6.39. The van der Waals surface area contributed by atoms with Gasteiger partial charge in [0.2, 0.25) is 0 Å². The van der Waals surface area contributed by atoms with Crippen molar-refractivity contribution >= 4 is 11.2 Å². The molecule has 0 saturated carbocycles. The van der Waals surface area contributed by atoms with Crippen LogP contribution in [0.1, 0.15) is 11.1 Å². The van der Waals surface area contributed by atoms with Crippen LogP contribution in [0.3, 0.4) is 0 Å². The van der Waals surface area contributed by atoms with Gasteiger partial charge < -0.3 is 10.7 Å². The van der Waals surface area contributed by atoms with Crippen LogP contribution in [0.15, 0.2) is 36.5 Å². The second-order valence-corrected chi connectivity index (χ2v) is 4.61. The highest BCUT2D eigenvalue weighted by Gasteiger charge is 2.10. The Morgan fingerprint density at radius 3 is 2.84 bits per heavy atom. The molecule has 3 rings (SSSR count). The smallest absolute Gasteiger partial charge is 0.178 e. The lowest BCUT2D eigenvalue weighted by Crippen LogP contribution is -2.04. The lowest BCUT2D eigenvalue weighted by atomic mass is 10.0. The first kappa shape index (κ1) is 11.9. The molecule has 2 aromatic heterocycles. The molecule has 3 aromatic rings. The third-order valence-electron chi connectivity index (χ3n) is 3.29. The van der Waals surface area contributed by atoms with Gasteiger partial charge in [0, 0.05) is 11.8 Å². The van der Waals surface area contributed by atoms with Crippen molar-refractivity contribution in [1.29, 1.82) is 0 Å². The van der Waals surface area contributed by atoms with Crippen LogP contribution in [0.25, 0.3) is 22.6 Å². The van der Waals surface area contributed by atoms with Crippen LogP contribution in [0.2, 0.25) is 0 Å². The van der Waals surface area contributed by atoms with Crippen molar-refractivity contribution in [2.45, 2.75) is 13.3 Å². The van der Waals surface area contributed by atoms with Crippen molar-refractivity contribution in [3.05, 3.63) is 47.7 Å². The van der Waals surface area contributed by atoms with E-state index in [1.165, 1.54) is 5.56 Å². The average molecular weight is 252 g/mol. The first-order valence-electron chi connectivity index (χ1n) is 6.39. The van der Waals surface area contributed by atoms with Gasteiger partial charge in [0.15, 0.2) is 5.65 Å². The van der Waals surface area contributed by atoms with Gasteiger partial charge in [-0.2, -0.15) is 0 Å². The summed E-state index contributed by atoms with van der Waals surface area (Å²) in [6, 6.07) is 10.2. The predicted octanol–water partition coefficient (Wildman–Crippen LogP) is 2.43. The maximum absolute atomic E-state index is 5.66. The summed E-state index contributed by atoms with van der Waals surface area (Å²) in [5.74, 6) is 0.862. The number of imidazole rings is 1. The van der Waals surface area contributed by atoms with E-state index in [2.05, 4.69) is 34.0 Å². The van der Waals surface area contributed by atoms with Crippen molar-refractivity contribution in [3.63, 3.8) is 0 Å². The number of hydrogen-bond donors (Lipinski definition) is 2. The van der Waals surface area contributed by atoms with E-state index in [9.17, 15) is 0 Å². The molecule has 2 heterocycles. The van der Waals surface area contributed by atoms with Crippen LogP contribution in [0.4, 0.5) is 0 Å². The minimum absolute atomic E-state index is 0.633. The van der Waals surface area contributed by atoms with Gasteiger partial charge in [0.1, 0.15) is 5.82 Å². The monoisotopic (exact) mass is 252 g/mol. The topological polar surface area (TPSA) is 67.6 Å². The van der Waals surface area contributed by atoms with E-state index >= 15 is 0 Å². The molecule has 4 heteroatoms. The molecule has 0 saturated heterocycles. The molecule has 0 atom stereocenters. The Balaban J connectivity index is 2.17. The molecular weight excluding hydrogens is 236 g/mol. The van der Waals surface area contributed by atoms with Gasteiger partial charge in [0.25, 0.3) is 0 Å². The summed E-state index contributed by atoms with van der Waals surface area (Å²) in [6.07, 6.45) is 2.63. The summed E-state index contributed by atoms with van der Waals surface area (Å²) in [7, 11) is 0. The second-order valence-electron chi connectivity index (χ2n) is 4.61. The number of benzene rings is 1. The molecule has 19 heavy (non-hydrogen) atoms. The summed E-state index contributed by atoms with van der Waals surface area (Å²) < 4.78 is 0. The van der Waals surface area contributed by atoms with Gasteiger partial charge in [-0.15, -0.1) is 0 Å². The molecule has 0 aliphatic rings. The second kappa shape index (κ2) is 4.82. The normalized spacial score (nSPS) is 11.1. The summed E-state index contributed by atoms with van der Waals surface area (Å²) in [5, 5.41) is 0. The van der Waals surface area contributed by atoms with E-state index in [1.54, 1.807) is 6.20 Å².